The summed E-state index contributed by atoms with van der Waals surface area (Å²) in [6, 6.07) is 5.30. The van der Waals surface area contributed by atoms with Gasteiger partial charge in [0.15, 0.2) is 0 Å². The van der Waals surface area contributed by atoms with Crippen LogP contribution in [0.1, 0.15) is 39.7 Å². The molecule has 0 saturated carbocycles. The number of para-hydroxylation sites is 1. The number of hydrogen-bond donors (Lipinski definition) is 1. The fourth-order valence-electron chi connectivity index (χ4n) is 1.88. The first-order valence-corrected chi connectivity index (χ1v) is 6.66. The van der Waals surface area contributed by atoms with Crippen LogP contribution in [0.3, 0.4) is 0 Å². The van der Waals surface area contributed by atoms with Crippen molar-refractivity contribution in [2.45, 2.75) is 46.2 Å². The van der Waals surface area contributed by atoms with Crippen LogP contribution in [0.15, 0.2) is 18.2 Å². The van der Waals surface area contributed by atoms with Gasteiger partial charge in [-0.2, -0.15) is 0 Å². The molecule has 2 nitrogen and oxygen atoms in total. The quantitative estimate of drug-likeness (QED) is 0.832. The van der Waals surface area contributed by atoms with Crippen molar-refractivity contribution in [2.24, 2.45) is 0 Å². The molecule has 0 heterocycles. The maximum Gasteiger partial charge on any atom is 0.146 e. The van der Waals surface area contributed by atoms with Gasteiger partial charge in [0.25, 0.3) is 0 Å². The van der Waals surface area contributed by atoms with Gasteiger partial charge >= 0.3 is 0 Å². The molecule has 0 spiro atoms. The normalized spacial score (nSPS) is 11.7. The molecule has 102 valence electrons. The highest BCUT2D eigenvalue weighted by atomic mass is 19.1. The van der Waals surface area contributed by atoms with Crippen LogP contribution >= 0.6 is 0 Å². The van der Waals surface area contributed by atoms with Crippen molar-refractivity contribution in [2.75, 3.05) is 18.5 Å². The Morgan fingerprint density at radius 2 is 1.94 bits per heavy atom. The van der Waals surface area contributed by atoms with E-state index < -0.39 is 0 Å². The molecule has 1 rings (SSSR count). The van der Waals surface area contributed by atoms with E-state index in [9.17, 15) is 4.39 Å². The summed E-state index contributed by atoms with van der Waals surface area (Å²) in [6.07, 6.45) is 0.971. The first kappa shape index (κ1) is 15.0. The third-order valence-corrected chi connectivity index (χ3v) is 3.74. The van der Waals surface area contributed by atoms with Gasteiger partial charge in [-0.25, -0.2) is 4.39 Å². The van der Waals surface area contributed by atoms with Crippen molar-refractivity contribution in [3.63, 3.8) is 0 Å². The average Bonchev–Trinajstić information content (AvgIpc) is 2.35. The van der Waals surface area contributed by atoms with Crippen molar-refractivity contribution < 1.29 is 4.39 Å². The van der Waals surface area contributed by atoms with Gasteiger partial charge < -0.3 is 10.2 Å². The minimum atomic E-state index is -0.144. The minimum Gasteiger partial charge on any atom is -0.367 e. The van der Waals surface area contributed by atoms with E-state index in [-0.39, 0.29) is 11.4 Å². The highest BCUT2D eigenvalue weighted by molar-refractivity contribution is 5.56. The van der Waals surface area contributed by atoms with E-state index in [2.05, 4.69) is 37.9 Å². The highest BCUT2D eigenvalue weighted by Crippen LogP contribution is 2.30. The standard InChI is InChI=1S/C15H25FN2/c1-6-15(3,4)18(5)14-12(11-17-7-2)9-8-10-13(14)16/h8-10,17H,6-7,11H2,1-5H3. The lowest BCUT2D eigenvalue weighted by Crippen LogP contribution is -2.41. The largest absolute Gasteiger partial charge is 0.367 e. The molecule has 0 radical (unpaired) electrons. The Morgan fingerprint density at radius 3 is 2.50 bits per heavy atom. The smallest absolute Gasteiger partial charge is 0.146 e. The second kappa shape index (κ2) is 6.19. The van der Waals surface area contributed by atoms with E-state index in [1.807, 2.05) is 13.1 Å². The molecule has 0 aliphatic heterocycles. The monoisotopic (exact) mass is 252 g/mol. The minimum absolute atomic E-state index is 0.0524. The van der Waals surface area contributed by atoms with Gasteiger partial charge in [0.2, 0.25) is 0 Å². The zero-order valence-electron chi connectivity index (χ0n) is 12.2. The summed E-state index contributed by atoms with van der Waals surface area (Å²) in [5.41, 5.74) is 1.68. The van der Waals surface area contributed by atoms with Gasteiger partial charge in [0, 0.05) is 19.1 Å². The summed E-state index contributed by atoms with van der Waals surface area (Å²) in [6.45, 7) is 10.0. The van der Waals surface area contributed by atoms with Gasteiger partial charge in [-0.15, -0.1) is 0 Å². The molecule has 0 fully saturated rings. The fourth-order valence-corrected chi connectivity index (χ4v) is 1.88. The molecular formula is C15H25FN2. The molecule has 0 aliphatic rings. The lowest BCUT2D eigenvalue weighted by molar-refractivity contribution is 0.460. The van der Waals surface area contributed by atoms with Crippen molar-refractivity contribution in [3.8, 4) is 0 Å². The number of rotatable bonds is 6. The predicted octanol–water partition coefficient (Wildman–Crippen LogP) is 3.56. The number of halogens is 1. The maximum atomic E-state index is 14.1. The number of hydrogen-bond acceptors (Lipinski definition) is 2. The summed E-state index contributed by atoms with van der Waals surface area (Å²) in [5.74, 6) is -0.144. The van der Waals surface area contributed by atoms with Crippen molar-refractivity contribution in [3.05, 3.63) is 29.6 Å². The highest BCUT2D eigenvalue weighted by Gasteiger charge is 2.25. The van der Waals surface area contributed by atoms with Gasteiger partial charge in [0.1, 0.15) is 5.82 Å². The number of benzene rings is 1. The second-order valence-electron chi connectivity index (χ2n) is 5.25. The molecule has 0 amide bonds. The molecular weight excluding hydrogens is 227 g/mol. The molecule has 0 bridgehead atoms. The van der Waals surface area contributed by atoms with E-state index >= 15 is 0 Å². The van der Waals surface area contributed by atoms with Crippen LogP contribution in [-0.4, -0.2) is 19.1 Å². The Bertz CT molecular complexity index is 388. The van der Waals surface area contributed by atoms with Crippen LogP contribution in [0.2, 0.25) is 0 Å². The third kappa shape index (κ3) is 3.22. The van der Waals surface area contributed by atoms with E-state index in [0.29, 0.717) is 12.2 Å². The SMILES string of the molecule is CCNCc1cccc(F)c1N(C)C(C)(C)CC. The second-order valence-corrected chi connectivity index (χ2v) is 5.25. The number of anilines is 1. The zero-order chi connectivity index (χ0) is 13.8. The molecule has 0 aliphatic carbocycles. The average molecular weight is 252 g/mol. The zero-order valence-corrected chi connectivity index (χ0v) is 12.2. The van der Waals surface area contributed by atoms with E-state index in [0.717, 1.165) is 18.5 Å². The summed E-state index contributed by atoms with van der Waals surface area (Å²) in [7, 11) is 1.97. The number of nitrogens with one attached hydrogen (secondary N) is 1. The van der Waals surface area contributed by atoms with Crippen LogP contribution in [0, 0.1) is 5.82 Å². The molecule has 3 heteroatoms. The van der Waals surface area contributed by atoms with Crippen LogP contribution < -0.4 is 10.2 Å². The maximum absolute atomic E-state index is 14.1. The number of nitrogens with zero attached hydrogens (tertiary/aromatic N) is 1. The van der Waals surface area contributed by atoms with Crippen molar-refractivity contribution >= 4 is 5.69 Å². The van der Waals surface area contributed by atoms with Gasteiger partial charge in [-0.05, 0) is 38.4 Å². The summed E-state index contributed by atoms with van der Waals surface area (Å²) < 4.78 is 14.1. The molecule has 1 aromatic rings. The molecule has 0 saturated heterocycles. The Hall–Kier alpha value is -1.09. The molecule has 0 aromatic heterocycles. The molecule has 1 N–H and O–H groups in total. The van der Waals surface area contributed by atoms with E-state index in [1.165, 1.54) is 6.07 Å². The van der Waals surface area contributed by atoms with Crippen LogP contribution in [0.25, 0.3) is 0 Å². The lowest BCUT2D eigenvalue weighted by atomic mass is 9.97. The summed E-state index contributed by atoms with van der Waals surface area (Å²) >= 11 is 0. The molecule has 0 unspecified atom stereocenters. The molecule has 0 atom stereocenters. The van der Waals surface area contributed by atoms with Gasteiger partial charge in [-0.3, -0.25) is 0 Å². The Balaban J connectivity index is 3.12. The first-order chi connectivity index (χ1) is 8.44. The van der Waals surface area contributed by atoms with Crippen LogP contribution in [-0.2, 0) is 6.54 Å². The van der Waals surface area contributed by atoms with Crippen LogP contribution in [0.4, 0.5) is 10.1 Å². The topological polar surface area (TPSA) is 15.3 Å². The Morgan fingerprint density at radius 1 is 1.28 bits per heavy atom. The summed E-state index contributed by atoms with van der Waals surface area (Å²) in [4.78, 5) is 2.05. The van der Waals surface area contributed by atoms with Crippen molar-refractivity contribution in [1.29, 1.82) is 0 Å². The van der Waals surface area contributed by atoms with E-state index in [4.69, 9.17) is 0 Å². The molecule has 1 aromatic carbocycles. The predicted molar refractivity (Wildman–Crippen MR) is 76.6 cm³/mol. The summed E-state index contributed by atoms with van der Waals surface area (Å²) in [5, 5.41) is 3.26. The first-order valence-electron chi connectivity index (χ1n) is 6.66. The molecule has 18 heavy (non-hydrogen) atoms. The van der Waals surface area contributed by atoms with Crippen LogP contribution in [0.5, 0.6) is 0 Å². The lowest BCUT2D eigenvalue weighted by Gasteiger charge is -2.38. The Labute approximate surface area is 110 Å². The van der Waals surface area contributed by atoms with Gasteiger partial charge in [-0.1, -0.05) is 26.0 Å². The Kier molecular flexibility index (Phi) is 5.15. The van der Waals surface area contributed by atoms with E-state index in [1.54, 1.807) is 6.07 Å². The van der Waals surface area contributed by atoms with Gasteiger partial charge in [0.05, 0.1) is 5.69 Å². The van der Waals surface area contributed by atoms with Crippen molar-refractivity contribution in [1.82, 2.24) is 5.32 Å². The fraction of sp³-hybridized carbons (Fsp3) is 0.600. The third-order valence-electron chi connectivity index (χ3n) is 3.74.